The maximum Gasteiger partial charge on any atom is 0.337 e. The summed E-state index contributed by atoms with van der Waals surface area (Å²) in [6.07, 6.45) is 1.55. The Balaban J connectivity index is 2.77. The Hall–Kier alpha value is -3.26. The number of methoxy groups -OCH3 is 2. The first-order valence-corrected chi connectivity index (χ1v) is 10.8. The average Bonchev–Trinajstić information content (AvgIpc) is 2.79. The first kappa shape index (κ1) is 25.0. The third-order valence-corrected chi connectivity index (χ3v) is 5.49. The number of rotatable bonds is 9. The standard InChI is InChI=1S/C21H22BrN3O7/c1-12-17(20(26)30-2)18(19(21(27)31-3)15(11-23)24-12)14-10-13(25(28)29)6-7-16(14)32-9-5-4-8-22/h6-7,10,17-18H,4-5,8-9H2,1-3H3. The summed E-state index contributed by atoms with van der Waals surface area (Å²) in [4.78, 5) is 40.4. The number of halogens is 1. The van der Waals surface area contributed by atoms with E-state index in [4.69, 9.17) is 14.2 Å². The summed E-state index contributed by atoms with van der Waals surface area (Å²) in [5, 5.41) is 21.8. The number of aliphatic imine (C=N–C) groups is 1. The maximum atomic E-state index is 12.7. The van der Waals surface area contributed by atoms with E-state index in [0.717, 1.165) is 18.9 Å². The van der Waals surface area contributed by atoms with Crippen LogP contribution < -0.4 is 4.74 Å². The lowest BCUT2D eigenvalue weighted by atomic mass is 9.75. The molecule has 1 heterocycles. The van der Waals surface area contributed by atoms with E-state index in [0.29, 0.717) is 13.0 Å². The zero-order valence-corrected chi connectivity index (χ0v) is 19.4. The topological polar surface area (TPSA) is 141 Å². The van der Waals surface area contributed by atoms with Crippen molar-refractivity contribution in [3.8, 4) is 11.8 Å². The Bertz CT molecular complexity index is 1010. The fourth-order valence-corrected chi connectivity index (χ4v) is 3.85. The van der Waals surface area contributed by atoms with Crippen molar-refractivity contribution in [2.75, 3.05) is 26.2 Å². The molecule has 2 unspecified atom stereocenters. The van der Waals surface area contributed by atoms with Crippen molar-refractivity contribution < 1.29 is 28.7 Å². The number of esters is 2. The minimum atomic E-state index is -1.13. The van der Waals surface area contributed by atoms with Gasteiger partial charge in [-0.25, -0.2) is 9.79 Å². The fourth-order valence-electron chi connectivity index (χ4n) is 3.45. The van der Waals surface area contributed by atoms with Gasteiger partial charge in [0, 0.05) is 34.7 Å². The van der Waals surface area contributed by atoms with Gasteiger partial charge in [-0.2, -0.15) is 5.26 Å². The molecule has 0 fully saturated rings. The largest absolute Gasteiger partial charge is 0.493 e. The fraction of sp³-hybridized carbons (Fsp3) is 0.429. The molecule has 1 aromatic carbocycles. The van der Waals surface area contributed by atoms with E-state index in [1.807, 2.05) is 6.07 Å². The van der Waals surface area contributed by atoms with Crippen LogP contribution in [0.5, 0.6) is 5.75 Å². The number of unbranched alkanes of at least 4 members (excludes halogenated alkanes) is 1. The Morgan fingerprint density at radius 1 is 1.28 bits per heavy atom. The number of nitro benzene ring substituents is 1. The van der Waals surface area contributed by atoms with Crippen molar-refractivity contribution in [3.63, 3.8) is 0 Å². The molecule has 2 rings (SSSR count). The molecule has 0 saturated heterocycles. The molecule has 32 heavy (non-hydrogen) atoms. The Kier molecular flexibility index (Phi) is 8.90. The van der Waals surface area contributed by atoms with Crippen molar-refractivity contribution in [1.82, 2.24) is 0 Å². The Labute approximate surface area is 193 Å². The van der Waals surface area contributed by atoms with E-state index >= 15 is 0 Å². The number of alkyl halides is 1. The second kappa shape index (κ2) is 11.4. The van der Waals surface area contributed by atoms with Crippen molar-refractivity contribution in [1.29, 1.82) is 5.26 Å². The van der Waals surface area contributed by atoms with Crippen molar-refractivity contribution in [2.24, 2.45) is 10.9 Å². The van der Waals surface area contributed by atoms with Crippen molar-refractivity contribution >= 4 is 39.3 Å². The molecule has 1 aliphatic heterocycles. The molecule has 0 radical (unpaired) electrons. The molecule has 0 N–H and O–H groups in total. The zero-order valence-electron chi connectivity index (χ0n) is 17.8. The number of carbonyl (C=O) groups is 2. The molecule has 170 valence electrons. The number of non-ortho nitro benzene ring substituents is 1. The number of benzene rings is 1. The smallest absolute Gasteiger partial charge is 0.337 e. The van der Waals surface area contributed by atoms with Gasteiger partial charge in [0.25, 0.3) is 5.69 Å². The van der Waals surface area contributed by atoms with E-state index in [1.54, 1.807) is 0 Å². The molecule has 11 heteroatoms. The third-order valence-electron chi connectivity index (χ3n) is 4.93. The van der Waals surface area contributed by atoms with Crippen LogP contribution >= 0.6 is 15.9 Å². The highest BCUT2D eigenvalue weighted by Crippen LogP contribution is 2.44. The van der Waals surface area contributed by atoms with Gasteiger partial charge in [-0.15, -0.1) is 0 Å². The SMILES string of the molecule is COC(=O)C1=C(C#N)N=C(C)C(C(=O)OC)C1c1cc([N+](=O)[O-])ccc1OCCCCBr. The van der Waals surface area contributed by atoms with Gasteiger partial charge >= 0.3 is 11.9 Å². The molecule has 10 nitrogen and oxygen atoms in total. The number of hydrogen-bond acceptors (Lipinski definition) is 9. The summed E-state index contributed by atoms with van der Waals surface area (Å²) in [6, 6.07) is 5.77. The maximum absolute atomic E-state index is 12.7. The van der Waals surface area contributed by atoms with Gasteiger partial charge in [0.15, 0.2) is 5.70 Å². The second-order valence-corrected chi connectivity index (χ2v) is 7.61. The first-order chi connectivity index (χ1) is 15.3. The molecular weight excluding hydrogens is 486 g/mol. The molecule has 1 aromatic rings. The van der Waals surface area contributed by atoms with Crippen molar-refractivity contribution in [2.45, 2.75) is 25.7 Å². The number of ether oxygens (including phenoxy) is 3. The van der Waals surface area contributed by atoms with E-state index in [9.17, 15) is 25.0 Å². The average molecular weight is 508 g/mol. The summed E-state index contributed by atoms with van der Waals surface area (Å²) < 4.78 is 15.6. The van der Waals surface area contributed by atoms with Crippen LogP contribution in [0.4, 0.5) is 5.69 Å². The molecule has 0 aliphatic carbocycles. The minimum Gasteiger partial charge on any atom is -0.493 e. The van der Waals surface area contributed by atoms with Gasteiger partial charge in [-0.1, -0.05) is 15.9 Å². The number of nitrogens with zero attached hydrogens (tertiary/aromatic N) is 3. The minimum absolute atomic E-state index is 0.191. The van der Waals surface area contributed by atoms with Crippen LogP contribution in [0.1, 0.15) is 31.2 Å². The van der Waals surface area contributed by atoms with E-state index in [2.05, 4.69) is 20.9 Å². The van der Waals surface area contributed by atoms with Gasteiger partial charge in [0.05, 0.1) is 31.3 Å². The summed E-state index contributed by atoms with van der Waals surface area (Å²) in [5.74, 6) is -3.59. The predicted octanol–water partition coefficient (Wildman–Crippen LogP) is 3.45. The predicted molar refractivity (Wildman–Crippen MR) is 118 cm³/mol. The van der Waals surface area contributed by atoms with Gasteiger partial charge in [0.1, 0.15) is 17.7 Å². The van der Waals surface area contributed by atoms with Gasteiger partial charge in [0.2, 0.25) is 0 Å². The Morgan fingerprint density at radius 3 is 2.56 bits per heavy atom. The molecule has 0 spiro atoms. The molecule has 0 bridgehead atoms. The van der Waals surface area contributed by atoms with Gasteiger partial charge < -0.3 is 14.2 Å². The second-order valence-electron chi connectivity index (χ2n) is 6.82. The van der Waals surface area contributed by atoms with E-state index in [1.165, 1.54) is 32.2 Å². The van der Waals surface area contributed by atoms with Crippen LogP contribution in [-0.2, 0) is 19.1 Å². The summed E-state index contributed by atoms with van der Waals surface area (Å²) >= 11 is 3.34. The lowest BCUT2D eigenvalue weighted by molar-refractivity contribution is -0.385. The highest BCUT2D eigenvalue weighted by atomic mass is 79.9. The highest BCUT2D eigenvalue weighted by Gasteiger charge is 2.44. The molecule has 0 amide bonds. The normalized spacial score (nSPS) is 17.8. The summed E-state index contributed by atoms with van der Waals surface area (Å²) in [7, 11) is 2.31. The molecular formula is C21H22BrN3O7. The molecule has 0 saturated carbocycles. The monoisotopic (exact) mass is 507 g/mol. The molecule has 2 atom stereocenters. The van der Waals surface area contributed by atoms with Crippen LogP contribution in [0.25, 0.3) is 0 Å². The highest BCUT2D eigenvalue weighted by molar-refractivity contribution is 9.09. The lowest BCUT2D eigenvalue weighted by Gasteiger charge is -2.31. The third kappa shape index (κ3) is 5.31. The quantitative estimate of drug-likeness (QED) is 0.162. The van der Waals surface area contributed by atoms with Crippen LogP contribution in [0.15, 0.2) is 34.5 Å². The summed E-state index contributed by atoms with van der Waals surface area (Å²) in [6.45, 7) is 1.83. The van der Waals surface area contributed by atoms with Crippen LogP contribution in [0, 0.1) is 27.4 Å². The molecule has 0 aromatic heterocycles. The summed E-state index contributed by atoms with van der Waals surface area (Å²) in [5.41, 5.74) is -0.281. The molecule has 1 aliphatic rings. The van der Waals surface area contributed by atoms with Crippen molar-refractivity contribution in [3.05, 3.63) is 45.1 Å². The number of nitro groups is 1. The van der Waals surface area contributed by atoms with E-state index < -0.39 is 28.7 Å². The van der Waals surface area contributed by atoms with Crippen LogP contribution in [0.3, 0.4) is 0 Å². The van der Waals surface area contributed by atoms with Gasteiger partial charge in [-0.05, 0) is 25.8 Å². The number of hydrogen-bond donors (Lipinski definition) is 0. The zero-order chi connectivity index (χ0) is 23.8. The first-order valence-electron chi connectivity index (χ1n) is 9.63. The number of nitriles is 1. The number of allylic oxidation sites excluding steroid dienone is 1. The lowest BCUT2D eigenvalue weighted by Crippen LogP contribution is -2.36. The van der Waals surface area contributed by atoms with Crippen LogP contribution in [-0.4, -0.2) is 48.7 Å². The van der Waals surface area contributed by atoms with Gasteiger partial charge in [-0.3, -0.25) is 14.9 Å². The number of carbonyl (C=O) groups excluding carboxylic acids is 2. The Morgan fingerprint density at radius 2 is 2.00 bits per heavy atom. The van der Waals surface area contributed by atoms with Crippen LogP contribution in [0.2, 0.25) is 0 Å². The van der Waals surface area contributed by atoms with E-state index in [-0.39, 0.29) is 34.0 Å².